The maximum atomic E-state index is 12.7. The number of aliphatic carboxylic acids is 1. The molecule has 0 N–H and O–H groups in total. The third-order valence-electron chi connectivity index (χ3n) is 8.64. The molecule has 52 heavy (non-hydrogen) atoms. The van der Waals surface area contributed by atoms with Crippen molar-refractivity contribution in [2.75, 3.05) is 41.0 Å². The first-order valence-corrected chi connectivity index (χ1v) is 20.3. The first kappa shape index (κ1) is 49.0. The summed E-state index contributed by atoms with van der Waals surface area (Å²) in [4.78, 5) is 36.7. The van der Waals surface area contributed by atoms with Crippen molar-refractivity contribution in [1.82, 2.24) is 0 Å². The van der Waals surface area contributed by atoms with Crippen molar-refractivity contribution >= 4 is 17.9 Å². The molecule has 8 nitrogen and oxygen atoms in total. The van der Waals surface area contributed by atoms with Crippen LogP contribution >= 0.6 is 0 Å². The van der Waals surface area contributed by atoms with Gasteiger partial charge in [0.1, 0.15) is 12.6 Å². The summed E-state index contributed by atoms with van der Waals surface area (Å²) in [6, 6.07) is -0.734. The Morgan fingerprint density at radius 2 is 1.08 bits per heavy atom. The number of rotatable bonds is 35. The lowest BCUT2D eigenvalue weighted by Crippen LogP contribution is -2.55. The van der Waals surface area contributed by atoms with Crippen molar-refractivity contribution in [1.29, 1.82) is 0 Å². The van der Waals surface area contributed by atoms with Gasteiger partial charge < -0.3 is 28.6 Å². The van der Waals surface area contributed by atoms with E-state index in [1.54, 1.807) is 21.1 Å². The molecule has 0 radical (unpaired) electrons. The van der Waals surface area contributed by atoms with Crippen LogP contribution in [-0.4, -0.2) is 75.5 Å². The Labute approximate surface area is 318 Å². The molecule has 298 valence electrons. The van der Waals surface area contributed by atoms with Crippen molar-refractivity contribution in [3.63, 3.8) is 0 Å². The van der Waals surface area contributed by atoms with Gasteiger partial charge in [0.2, 0.25) is 0 Å². The molecule has 0 aliphatic rings. The van der Waals surface area contributed by atoms with Gasteiger partial charge in [-0.05, 0) is 77.0 Å². The van der Waals surface area contributed by atoms with E-state index in [1.165, 1.54) is 32.1 Å². The zero-order chi connectivity index (χ0) is 38.5. The number of likely N-dealkylation sites (N-methyl/N-ethyl adjacent to an activating group) is 1. The summed E-state index contributed by atoms with van der Waals surface area (Å²) in [5.41, 5.74) is 0. The minimum Gasteiger partial charge on any atom is -0.544 e. The van der Waals surface area contributed by atoms with Crippen LogP contribution in [-0.2, 0) is 28.6 Å². The van der Waals surface area contributed by atoms with Gasteiger partial charge >= 0.3 is 11.9 Å². The Hall–Kier alpha value is -2.97. The number of quaternary nitrogens is 1. The lowest BCUT2D eigenvalue weighted by Gasteiger charge is -2.34. The van der Waals surface area contributed by atoms with Crippen molar-refractivity contribution in [2.24, 2.45) is 0 Å². The minimum absolute atomic E-state index is 0.0226. The van der Waals surface area contributed by atoms with Crippen molar-refractivity contribution < 1.29 is 38.2 Å². The van der Waals surface area contributed by atoms with E-state index in [0.29, 0.717) is 12.8 Å². The maximum Gasteiger partial charge on any atom is 0.306 e. The number of carbonyl (C=O) groups excluding carboxylic acids is 3. The molecular weight excluding hydrogens is 654 g/mol. The molecule has 0 bridgehead atoms. The van der Waals surface area contributed by atoms with Crippen LogP contribution in [0.15, 0.2) is 60.8 Å². The molecule has 0 aliphatic carbocycles. The molecule has 0 aliphatic heterocycles. The van der Waals surface area contributed by atoms with Gasteiger partial charge in [-0.1, -0.05) is 113 Å². The van der Waals surface area contributed by atoms with Crippen LogP contribution in [0.3, 0.4) is 0 Å². The van der Waals surface area contributed by atoms with E-state index in [4.69, 9.17) is 14.2 Å². The predicted octanol–water partition coefficient (Wildman–Crippen LogP) is 9.30. The van der Waals surface area contributed by atoms with Crippen LogP contribution in [0.4, 0.5) is 0 Å². The van der Waals surface area contributed by atoms with Crippen LogP contribution in [0.25, 0.3) is 0 Å². The molecule has 2 unspecified atom stereocenters. The van der Waals surface area contributed by atoms with Gasteiger partial charge in [0.15, 0.2) is 6.10 Å². The zero-order valence-electron chi connectivity index (χ0n) is 33.7. The lowest BCUT2D eigenvalue weighted by molar-refractivity contribution is -0.889. The molecule has 0 amide bonds. The summed E-state index contributed by atoms with van der Waals surface area (Å²) in [5, 5.41) is 11.6. The predicted molar refractivity (Wildman–Crippen MR) is 212 cm³/mol. The van der Waals surface area contributed by atoms with Gasteiger partial charge in [0, 0.05) is 19.3 Å². The number of hydrogen-bond acceptors (Lipinski definition) is 7. The lowest BCUT2D eigenvalue weighted by atomic mass is 10.1. The van der Waals surface area contributed by atoms with Gasteiger partial charge in [-0.25, -0.2) is 0 Å². The van der Waals surface area contributed by atoms with Crippen LogP contribution in [0.2, 0.25) is 0 Å². The highest BCUT2D eigenvalue weighted by atomic mass is 16.6. The minimum atomic E-state index is -1.13. The van der Waals surface area contributed by atoms with Crippen molar-refractivity contribution in [3.05, 3.63) is 60.8 Å². The van der Waals surface area contributed by atoms with Gasteiger partial charge in [-0.15, -0.1) is 0 Å². The molecule has 0 saturated carbocycles. The van der Waals surface area contributed by atoms with Gasteiger partial charge in [0.05, 0.1) is 40.3 Å². The van der Waals surface area contributed by atoms with E-state index < -0.39 is 18.1 Å². The first-order valence-electron chi connectivity index (χ1n) is 20.3. The van der Waals surface area contributed by atoms with Gasteiger partial charge in [-0.2, -0.15) is 0 Å². The number of hydrogen-bond donors (Lipinski definition) is 0. The fourth-order valence-electron chi connectivity index (χ4n) is 5.47. The molecule has 0 rings (SSSR count). The smallest absolute Gasteiger partial charge is 0.306 e. The number of allylic oxidation sites excluding steroid dienone is 10. The van der Waals surface area contributed by atoms with Crippen LogP contribution in [0, 0.1) is 0 Å². The standard InChI is InChI=1S/C44H75NO7/c1-6-8-10-12-14-16-18-20-21-22-23-25-27-29-31-33-35-43(47)52-40(38-50-37-36-41(44(48)49)45(3,4)5)39-51-42(46)34-32-30-28-26-24-19-17-15-13-11-9-7-2/h8,10,14-17,20-21,23,25,40-41H,6-7,9,11-13,18-19,22,24,26-39H2,1-5H3/b10-8+,16-14+,17-15+,21-20+,25-23+. The van der Waals surface area contributed by atoms with Gasteiger partial charge in [0.25, 0.3) is 0 Å². The normalized spacial score (nSPS) is 13.6. The molecule has 0 spiro atoms. The number of unbranched alkanes of at least 4 members (excludes halogenated alkanes) is 11. The van der Waals surface area contributed by atoms with E-state index in [1.807, 2.05) is 0 Å². The van der Waals surface area contributed by atoms with Crippen LogP contribution in [0.1, 0.15) is 149 Å². The molecule has 0 fully saturated rings. The third-order valence-corrected chi connectivity index (χ3v) is 8.64. The van der Waals surface area contributed by atoms with Crippen LogP contribution in [0.5, 0.6) is 0 Å². The second-order valence-electron chi connectivity index (χ2n) is 14.5. The average molecular weight is 730 g/mol. The Balaban J connectivity index is 4.48. The highest BCUT2D eigenvalue weighted by Gasteiger charge is 2.25. The second kappa shape index (κ2) is 35.1. The number of esters is 2. The first-order chi connectivity index (χ1) is 25.1. The Morgan fingerprint density at radius 3 is 1.63 bits per heavy atom. The Bertz CT molecular complexity index is 1040. The summed E-state index contributed by atoms with van der Waals surface area (Å²) >= 11 is 0. The SMILES string of the molecule is CC/C=C/C/C=C/C/C=C/C/C=C/CCCCCC(=O)OC(COCCC(C(=O)[O-])[N+](C)(C)C)COC(=O)CCCCCCC/C=C/CCCCC. The van der Waals surface area contributed by atoms with Crippen LogP contribution < -0.4 is 5.11 Å². The van der Waals surface area contributed by atoms with E-state index in [9.17, 15) is 19.5 Å². The van der Waals surface area contributed by atoms with E-state index in [0.717, 1.165) is 77.0 Å². The summed E-state index contributed by atoms with van der Waals surface area (Å²) in [5.74, 6) is -1.80. The topological polar surface area (TPSA) is 102 Å². The Morgan fingerprint density at radius 1 is 0.596 bits per heavy atom. The van der Waals surface area contributed by atoms with Crippen molar-refractivity contribution in [2.45, 2.75) is 161 Å². The fourth-order valence-corrected chi connectivity index (χ4v) is 5.47. The molecule has 8 heteroatoms. The molecule has 0 aromatic rings. The average Bonchev–Trinajstić information content (AvgIpc) is 3.09. The molecular formula is C44H75NO7. The summed E-state index contributed by atoms with van der Waals surface area (Å²) in [6.07, 6.45) is 41.0. The monoisotopic (exact) mass is 730 g/mol. The van der Waals surface area contributed by atoms with E-state index in [2.05, 4.69) is 74.6 Å². The largest absolute Gasteiger partial charge is 0.544 e. The molecule has 0 saturated heterocycles. The number of carboxylic acids is 1. The van der Waals surface area contributed by atoms with E-state index >= 15 is 0 Å². The highest BCUT2D eigenvalue weighted by Crippen LogP contribution is 2.12. The fraction of sp³-hybridized carbons (Fsp3) is 0.705. The number of ether oxygens (including phenoxy) is 3. The molecule has 0 aromatic heterocycles. The quantitative estimate of drug-likeness (QED) is 0.0277. The highest BCUT2D eigenvalue weighted by molar-refractivity contribution is 5.70. The maximum absolute atomic E-state index is 12.7. The second-order valence-corrected chi connectivity index (χ2v) is 14.5. The molecule has 2 atom stereocenters. The summed E-state index contributed by atoms with van der Waals surface area (Å²) < 4.78 is 17.1. The number of nitrogens with zero attached hydrogens (tertiary/aromatic N) is 1. The summed E-state index contributed by atoms with van der Waals surface area (Å²) in [6.45, 7) is 4.46. The molecule has 0 heterocycles. The molecule has 0 aromatic carbocycles. The number of carboxylic acid groups (broad SMARTS) is 1. The Kier molecular flexibility index (Phi) is 33.1. The zero-order valence-corrected chi connectivity index (χ0v) is 33.7. The third kappa shape index (κ3) is 32.9. The van der Waals surface area contributed by atoms with E-state index in [-0.39, 0.29) is 49.1 Å². The van der Waals surface area contributed by atoms with Gasteiger partial charge in [-0.3, -0.25) is 9.59 Å². The summed E-state index contributed by atoms with van der Waals surface area (Å²) in [7, 11) is 5.38. The van der Waals surface area contributed by atoms with Crippen molar-refractivity contribution in [3.8, 4) is 0 Å². The number of carbonyl (C=O) groups is 3.